The summed E-state index contributed by atoms with van der Waals surface area (Å²) in [6.45, 7) is 2.37. The molecule has 110 valence electrons. The minimum atomic E-state index is -0.967. The summed E-state index contributed by atoms with van der Waals surface area (Å²) in [6.07, 6.45) is 6.38. The zero-order valence-electron chi connectivity index (χ0n) is 12.0. The summed E-state index contributed by atoms with van der Waals surface area (Å²) < 4.78 is 0. The van der Waals surface area contributed by atoms with Crippen LogP contribution in [0.5, 0.6) is 0 Å². The molecule has 5 unspecified atom stereocenters. The number of carboxylic acids is 1. The Hall–Kier alpha value is -1.06. The van der Waals surface area contributed by atoms with E-state index >= 15 is 0 Å². The quantitative estimate of drug-likeness (QED) is 0.841. The summed E-state index contributed by atoms with van der Waals surface area (Å²) in [5.74, 6) is 2.21. The van der Waals surface area contributed by atoms with E-state index in [0.717, 1.165) is 24.7 Å². The number of piperidine rings is 1. The van der Waals surface area contributed by atoms with Crippen LogP contribution < -0.4 is 0 Å². The van der Waals surface area contributed by atoms with Crippen LogP contribution in [0.2, 0.25) is 0 Å². The van der Waals surface area contributed by atoms with E-state index in [1.165, 1.54) is 19.3 Å². The lowest BCUT2D eigenvalue weighted by molar-refractivity contribution is -0.162. The lowest BCUT2D eigenvalue weighted by atomic mass is 9.87. The first kappa shape index (κ1) is 12.7. The molecule has 4 rings (SSSR count). The van der Waals surface area contributed by atoms with E-state index in [4.69, 9.17) is 0 Å². The van der Waals surface area contributed by atoms with Crippen LogP contribution in [0.4, 0.5) is 0 Å². The number of fused-ring (bicyclic) bond motifs is 5. The highest BCUT2D eigenvalue weighted by Gasteiger charge is 2.68. The number of carboxylic acid groups (broad SMARTS) is 1. The highest BCUT2D eigenvalue weighted by molar-refractivity contribution is 5.90. The van der Waals surface area contributed by atoms with Gasteiger partial charge in [-0.15, -0.1) is 0 Å². The highest BCUT2D eigenvalue weighted by Crippen LogP contribution is 2.69. The SMILES string of the molecule is CC1(C(=O)O)CCCCN1C(=O)C1C2C3CCC(C3)C12. The van der Waals surface area contributed by atoms with Crippen molar-refractivity contribution in [3.05, 3.63) is 0 Å². The molecule has 1 amide bonds. The smallest absolute Gasteiger partial charge is 0.329 e. The predicted octanol–water partition coefficient (Wildman–Crippen LogP) is 2.13. The van der Waals surface area contributed by atoms with Gasteiger partial charge in [0, 0.05) is 12.5 Å². The Bertz CT molecular complexity index is 460. The molecule has 0 radical (unpaired) electrons. The maximum Gasteiger partial charge on any atom is 0.329 e. The molecule has 0 aromatic heterocycles. The first-order valence-electron chi connectivity index (χ1n) is 8.09. The van der Waals surface area contributed by atoms with Crippen molar-refractivity contribution >= 4 is 11.9 Å². The third-order valence-electron chi connectivity index (χ3n) is 6.64. The van der Waals surface area contributed by atoms with E-state index in [9.17, 15) is 14.7 Å². The largest absolute Gasteiger partial charge is 0.480 e. The minimum absolute atomic E-state index is 0.154. The fourth-order valence-electron chi connectivity index (χ4n) is 5.53. The van der Waals surface area contributed by atoms with Crippen molar-refractivity contribution in [2.24, 2.45) is 29.6 Å². The minimum Gasteiger partial charge on any atom is -0.480 e. The van der Waals surface area contributed by atoms with Gasteiger partial charge in [-0.3, -0.25) is 4.79 Å². The standard InChI is InChI=1S/C16H23NO3/c1-16(15(19)20)6-2-3-7-17(16)14(18)13-11-9-4-5-10(8-9)12(11)13/h9-13H,2-8H2,1H3,(H,19,20). The Morgan fingerprint density at radius 2 is 1.80 bits per heavy atom. The number of likely N-dealkylation sites (tertiary alicyclic amines) is 1. The van der Waals surface area contributed by atoms with Crippen LogP contribution in [-0.4, -0.2) is 34.0 Å². The molecule has 5 atom stereocenters. The van der Waals surface area contributed by atoms with Gasteiger partial charge in [-0.2, -0.15) is 0 Å². The Kier molecular flexibility index (Phi) is 2.52. The number of aliphatic carboxylic acids is 1. The molecule has 1 aliphatic heterocycles. The molecule has 1 heterocycles. The van der Waals surface area contributed by atoms with Crippen LogP contribution in [0, 0.1) is 29.6 Å². The van der Waals surface area contributed by atoms with Crippen LogP contribution >= 0.6 is 0 Å². The number of rotatable bonds is 2. The molecule has 0 spiro atoms. The molecule has 4 fully saturated rings. The Labute approximate surface area is 119 Å². The summed E-state index contributed by atoms with van der Waals surface area (Å²) in [5.41, 5.74) is -0.967. The van der Waals surface area contributed by atoms with Gasteiger partial charge in [0.05, 0.1) is 0 Å². The topological polar surface area (TPSA) is 57.6 Å². The second-order valence-corrected chi connectivity index (χ2v) is 7.54. The van der Waals surface area contributed by atoms with Crippen LogP contribution in [0.25, 0.3) is 0 Å². The molecule has 20 heavy (non-hydrogen) atoms. The van der Waals surface area contributed by atoms with E-state index < -0.39 is 11.5 Å². The zero-order valence-corrected chi connectivity index (χ0v) is 12.0. The number of carbonyl (C=O) groups is 2. The van der Waals surface area contributed by atoms with E-state index in [-0.39, 0.29) is 11.8 Å². The molecule has 3 saturated carbocycles. The molecule has 4 aliphatic rings. The number of hydrogen-bond donors (Lipinski definition) is 1. The lowest BCUT2D eigenvalue weighted by Crippen LogP contribution is -2.58. The van der Waals surface area contributed by atoms with Gasteiger partial charge in [0.2, 0.25) is 5.91 Å². The van der Waals surface area contributed by atoms with Crippen molar-refractivity contribution in [1.29, 1.82) is 0 Å². The first-order chi connectivity index (χ1) is 9.54. The highest BCUT2D eigenvalue weighted by atomic mass is 16.4. The van der Waals surface area contributed by atoms with Crippen molar-refractivity contribution in [3.8, 4) is 0 Å². The summed E-state index contributed by atoms with van der Waals surface area (Å²) in [4.78, 5) is 26.2. The third-order valence-corrected chi connectivity index (χ3v) is 6.64. The molecule has 3 aliphatic carbocycles. The van der Waals surface area contributed by atoms with E-state index in [1.54, 1.807) is 11.8 Å². The van der Waals surface area contributed by atoms with Crippen molar-refractivity contribution in [1.82, 2.24) is 4.90 Å². The Morgan fingerprint density at radius 3 is 2.40 bits per heavy atom. The van der Waals surface area contributed by atoms with Crippen LogP contribution in [0.3, 0.4) is 0 Å². The molecule has 0 aromatic carbocycles. The van der Waals surface area contributed by atoms with Crippen molar-refractivity contribution in [2.75, 3.05) is 6.54 Å². The van der Waals surface area contributed by atoms with Crippen LogP contribution in [0.1, 0.15) is 45.4 Å². The molecule has 4 heteroatoms. The van der Waals surface area contributed by atoms with Crippen molar-refractivity contribution in [3.63, 3.8) is 0 Å². The normalized spacial score (nSPS) is 49.0. The Morgan fingerprint density at radius 1 is 1.15 bits per heavy atom. The molecular weight excluding hydrogens is 254 g/mol. The number of amides is 1. The maximum absolute atomic E-state index is 12.9. The second-order valence-electron chi connectivity index (χ2n) is 7.54. The zero-order chi connectivity index (χ0) is 14.1. The fraction of sp³-hybridized carbons (Fsp3) is 0.875. The van der Waals surface area contributed by atoms with Gasteiger partial charge in [-0.1, -0.05) is 0 Å². The average Bonchev–Trinajstić information content (AvgIpc) is 2.86. The maximum atomic E-state index is 12.9. The third kappa shape index (κ3) is 1.48. The average molecular weight is 277 g/mol. The summed E-state index contributed by atoms with van der Waals surface area (Å²) >= 11 is 0. The molecule has 0 aromatic rings. The second kappa shape index (κ2) is 3.99. The van der Waals surface area contributed by atoms with Gasteiger partial charge in [0.1, 0.15) is 5.54 Å². The summed E-state index contributed by atoms with van der Waals surface area (Å²) in [7, 11) is 0. The van der Waals surface area contributed by atoms with E-state index in [1.807, 2.05) is 0 Å². The fourth-order valence-corrected chi connectivity index (χ4v) is 5.53. The first-order valence-corrected chi connectivity index (χ1v) is 8.09. The van der Waals surface area contributed by atoms with Crippen molar-refractivity contribution < 1.29 is 14.7 Å². The molecular formula is C16H23NO3. The number of hydrogen-bond acceptors (Lipinski definition) is 2. The molecule has 1 saturated heterocycles. The van der Waals surface area contributed by atoms with Gasteiger partial charge in [-0.25, -0.2) is 4.79 Å². The van der Waals surface area contributed by atoms with Crippen LogP contribution in [-0.2, 0) is 9.59 Å². The summed E-state index contributed by atoms with van der Waals surface area (Å²) in [5, 5.41) is 9.54. The van der Waals surface area contributed by atoms with Gasteiger partial charge < -0.3 is 10.0 Å². The Balaban J connectivity index is 1.55. The number of carbonyl (C=O) groups excluding carboxylic acids is 1. The van der Waals surface area contributed by atoms with Crippen LogP contribution in [0.15, 0.2) is 0 Å². The van der Waals surface area contributed by atoms with Crippen molar-refractivity contribution in [2.45, 2.75) is 51.0 Å². The van der Waals surface area contributed by atoms with E-state index in [2.05, 4.69) is 0 Å². The predicted molar refractivity (Wildman–Crippen MR) is 72.9 cm³/mol. The van der Waals surface area contributed by atoms with Gasteiger partial charge in [0.15, 0.2) is 0 Å². The van der Waals surface area contributed by atoms with Gasteiger partial charge in [-0.05, 0) is 69.1 Å². The lowest BCUT2D eigenvalue weighted by Gasteiger charge is -2.42. The van der Waals surface area contributed by atoms with Gasteiger partial charge >= 0.3 is 5.97 Å². The number of nitrogens with zero attached hydrogens (tertiary/aromatic N) is 1. The molecule has 4 nitrogen and oxygen atoms in total. The van der Waals surface area contributed by atoms with E-state index in [0.29, 0.717) is 24.8 Å². The summed E-state index contributed by atoms with van der Waals surface area (Å²) in [6, 6.07) is 0. The monoisotopic (exact) mass is 277 g/mol. The molecule has 2 bridgehead atoms. The van der Waals surface area contributed by atoms with Gasteiger partial charge in [0.25, 0.3) is 0 Å². The molecule has 1 N–H and O–H groups in total.